The highest BCUT2D eigenvalue weighted by molar-refractivity contribution is 5.96. The second kappa shape index (κ2) is 6.69. The number of rotatable bonds is 3. The van der Waals surface area contributed by atoms with Crippen molar-refractivity contribution < 1.29 is 4.39 Å². The number of halogens is 1. The minimum atomic E-state index is -0.238. The highest BCUT2D eigenvalue weighted by atomic mass is 19.1. The molecule has 0 saturated heterocycles. The van der Waals surface area contributed by atoms with Crippen molar-refractivity contribution in [3.05, 3.63) is 66.1 Å². The van der Waals surface area contributed by atoms with Crippen molar-refractivity contribution in [3.63, 3.8) is 0 Å². The van der Waals surface area contributed by atoms with E-state index < -0.39 is 0 Å². The number of nitrogens with zero attached hydrogens (tertiary/aromatic N) is 5. The lowest BCUT2D eigenvalue weighted by Gasteiger charge is -2.13. The van der Waals surface area contributed by atoms with E-state index >= 15 is 0 Å². The summed E-state index contributed by atoms with van der Waals surface area (Å²) in [6.07, 6.45) is 5.35. The molecule has 1 aliphatic heterocycles. The average molecular weight is 374 g/mol. The molecule has 0 amide bonds. The number of tetrazole rings is 1. The summed E-state index contributed by atoms with van der Waals surface area (Å²) in [4.78, 5) is 1.46. The molecule has 0 bridgehead atoms. The van der Waals surface area contributed by atoms with Gasteiger partial charge in [-0.1, -0.05) is 6.08 Å². The highest BCUT2D eigenvalue weighted by Gasteiger charge is 2.17. The zero-order valence-electron chi connectivity index (χ0n) is 15.4. The fourth-order valence-electron chi connectivity index (χ4n) is 3.71. The van der Waals surface area contributed by atoms with Crippen LogP contribution in [-0.2, 0) is 7.05 Å². The van der Waals surface area contributed by atoms with Gasteiger partial charge in [0, 0.05) is 34.9 Å². The topological polar surface area (TPSA) is 60.6 Å². The van der Waals surface area contributed by atoms with Crippen molar-refractivity contribution in [2.75, 3.05) is 13.1 Å². The number of hydrogen-bond acceptors (Lipinski definition) is 4. The summed E-state index contributed by atoms with van der Waals surface area (Å²) >= 11 is 0. The molecule has 28 heavy (non-hydrogen) atoms. The largest absolute Gasteiger partial charge is 0.316 e. The molecule has 0 atom stereocenters. The van der Waals surface area contributed by atoms with Crippen LogP contribution in [0.3, 0.4) is 0 Å². The third-order valence-electron chi connectivity index (χ3n) is 5.09. The second-order valence-corrected chi connectivity index (χ2v) is 6.91. The maximum Gasteiger partial charge on any atom is 0.204 e. The van der Waals surface area contributed by atoms with Gasteiger partial charge < -0.3 is 9.88 Å². The van der Waals surface area contributed by atoms with Crippen LogP contribution in [0.5, 0.6) is 0 Å². The van der Waals surface area contributed by atoms with E-state index in [1.807, 2.05) is 6.07 Å². The van der Waals surface area contributed by atoms with Crippen molar-refractivity contribution in [2.45, 2.75) is 6.42 Å². The Morgan fingerprint density at radius 2 is 1.96 bits per heavy atom. The summed E-state index contributed by atoms with van der Waals surface area (Å²) in [5.41, 5.74) is 5.42. The molecule has 0 unspecified atom stereocenters. The first-order valence-electron chi connectivity index (χ1n) is 9.24. The van der Waals surface area contributed by atoms with Crippen molar-refractivity contribution >= 4 is 16.5 Å². The molecule has 2 aromatic heterocycles. The maximum atomic E-state index is 13.4. The first kappa shape index (κ1) is 16.8. The van der Waals surface area contributed by atoms with E-state index in [0.717, 1.165) is 41.7 Å². The minimum Gasteiger partial charge on any atom is -0.316 e. The van der Waals surface area contributed by atoms with E-state index in [1.54, 1.807) is 19.2 Å². The number of nitrogens with one attached hydrogen (secondary N) is 1. The first-order chi connectivity index (χ1) is 13.7. The molecule has 1 aliphatic rings. The van der Waals surface area contributed by atoms with Gasteiger partial charge in [-0.05, 0) is 66.2 Å². The lowest BCUT2D eigenvalue weighted by atomic mass is 9.98. The molecule has 2 aromatic carbocycles. The van der Waals surface area contributed by atoms with Crippen molar-refractivity contribution in [2.24, 2.45) is 7.05 Å². The summed E-state index contributed by atoms with van der Waals surface area (Å²) in [5, 5.41) is 16.9. The fraction of sp³-hybridized carbons (Fsp3) is 0.190. The Morgan fingerprint density at radius 3 is 2.68 bits per heavy atom. The number of aryl methyl sites for hydroxylation is 1. The van der Waals surface area contributed by atoms with Crippen LogP contribution in [-0.4, -0.2) is 37.9 Å². The van der Waals surface area contributed by atoms with E-state index in [2.05, 4.69) is 49.7 Å². The quantitative estimate of drug-likeness (QED) is 0.598. The normalized spacial score (nSPS) is 14.4. The van der Waals surface area contributed by atoms with E-state index in [-0.39, 0.29) is 5.82 Å². The van der Waals surface area contributed by atoms with Gasteiger partial charge in [0.1, 0.15) is 5.82 Å². The van der Waals surface area contributed by atoms with Gasteiger partial charge >= 0.3 is 0 Å². The Morgan fingerprint density at radius 1 is 1.11 bits per heavy atom. The van der Waals surface area contributed by atoms with Crippen LogP contribution in [0.25, 0.3) is 33.6 Å². The summed E-state index contributed by atoms with van der Waals surface area (Å²) in [7, 11) is 1.76. The number of hydrogen-bond donors (Lipinski definition) is 1. The minimum absolute atomic E-state index is 0.238. The maximum absolute atomic E-state index is 13.4. The van der Waals surface area contributed by atoms with E-state index in [9.17, 15) is 4.39 Å². The van der Waals surface area contributed by atoms with Gasteiger partial charge in [-0.2, -0.15) is 4.80 Å². The van der Waals surface area contributed by atoms with Crippen molar-refractivity contribution in [1.82, 2.24) is 30.1 Å². The van der Waals surface area contributed by atoms with Crippen molar-refractivity contribution in [3.8, 4) is 17.1 Å². The summed E-state index contributed by atoms with van der Waals surface area (Å²) in [6, 6.07) is 12.8. The molecule has 5 rings (SSSR count). The van der Waals surface area contributed by atoms with Gasteiger partial charge in [0.15, 0.2) is 0 Å². The number of fused-ring (bicyclic) bond motifs is 1. The van der Waals surface area contributed by atoms with Crippen LogP contribution in [0.15, 0.2) is 54.7 Å². The molecule has 140 valence electrons. The Bertz CT molecular complexity index is 1190. The van der Waals surface area contributed by atoms with Gasteiger partial charge in [-0.15, -0.1) is 10.2 Å². The van der Waals surface area contributed by atoms with E-state index in [0.29, 0.717) is 5.82 Å². The lowest BCUT2D eigenvalue weighted by Crippen LogP contribution is -2.19. The zero-order valence-corrected chi connectivity index (χ0v) is 15.4. The van der Waals surface area contributed by atoms with Crippen LogP contribution in [0.1, 0.15) is 12.0 Å². The molecule has 0 aliphatic carbocycles. The molecule has 1 N–H and O–H groups in total. The Kier molecular flexibility index (Phi) is 4.02. The van der Waals surface area contributed by atoms with Crippen LogP contribution >= 0.6 is 0 Å². The molecular weight excluding hydrogens is 355 g/mol. The average Bonchev–Trinajstić information content (AvgIpc) is 3.33. The third-order valence-corrected chi connectivity index (χ3v) is 5.09. The molecule has 3 heterocycles. The zero-order chi connectivity index (χ0) is 19.1. The summed E-state index contributed by atoms with van der Waals surface area (Å²) in [6.45, 7) is 1.82. The van der Waals surface area contributed by atoms with Gasteiger partial charge in [0.05, 0.1) is 12.6 Å². The molecule has 7 heteroatoms. The van der Waals surface area contributed by atoms with Gasteiger partial charge in [-0.3, -0.25) is 0 Å². The fourth-order valence-corrected chi connectivity index (χ4v) is 3.71. The molecule has 4 aromatic rings. The molecule has 6 nitrogen and oxygen atoms in total. The SMILES string of the molecule is Cn1nnc(-c2ccc3c(c2)c(C2=CCNCC2)cn3-c2ccc(F)cc2)n1. The third kappa shape index (κ3) is 2.90. The summed E-state index contributed by atoms with van der Waals surface area (Å²) < 4.78 is 15.5. The number of aromatic nitrogens is 5. The van der Waals surface area contributed by atoms with Gasteiger partial charge in [0.25, 0.3) is 0 Å². The monoisotopic (exact) mass is 374 g/mol. The van der Waals surface area contributed by atoms with Gasteiger partial charge in [-0.25, -0.2) is 4.39 Å². The predicted octanol–water partition coefficient (Wildman–Crippen LogP) is 3.34. The van der Waals surface area contributed by atoms with Crippen molar-refractivity contribution in [1.29, 1.82) is 0 Å². The predicted molar refractivity (Wildman–Crippen MR) is 106 cm³/mol. The van der Waals surface area contributed by atoms with Crippen LogP contribution in [0.2, 0.25) is 0 Å². The molecular formula is C21H19FN6. The smallest absolute Gasteiger partial charge is 0.204 e. The van der Waals surface area contributed by atoms with E-state index in [4.69, 9.17) is 0 Å². The first-order valence-corrected chi connectivity index (χ1v) is 9.24. The Balaban J connectivity index is 1.72. The number of benzene rings is 2. The van der Waals surface area contributed by atoms with Gasteiger partial charge in [0.2, 0.25) is 5.82 Å². The summed E-state index contributed by atoms with van der Waals surface area (Å²) in [5.74, 6) is 0.363. The molecule has 0 spiro atoms. The second-order valence-electron chi connectivity index (χ2n) is 6.91. The Labute approximate surface area is 161 Å². The van der Waals surface area contributed by atoms with E-state index in [1.165, 1.54) is 28.1 Å². The lowest BCUT2D eigenvalue weighted by molar-refractivity contribution is 0.627. The van der Waals surface area contributed by atoms with Crippen LogP contribution < -0.4 is 5.32 Å². The molecule has 0 radical (unpaired) electrons. The van der Waals surface area contributed by atoms with Crippen LogP contribution in [0.4, 0.5) is 4.39 Å². The highest BCUT2D eigenvalue weighted by Crippen LogP contribution is 2.34. The van der Waals surface area contributed by atoms with Crippen LogP contribution in [0, 0.1) is 5.82 Å². The molecule has 0 fully saturated rings. The molecule has 0 saturated carbocycles. The Hall–Kier alpha value is -3.32. The standard InChI is InChI=1S/C21H19FN6/c1-27-25-21(24-26-27)15-2-7-20-18(12-15)19(14-8-10-23-11-9-14)13-28(20)17-5-3-16(22)4-6-17/h2-8,12-13,23H,9-11H2,1H3.